The van der Waals surface area contributed by atoms with Crippen LogP contribution in [0.1, 0.15) is 44.7 Å². The Morgan fingerprint density at radius 3 is 2.79 bits per heavy atom. The van der Waals surface area contributed by atoms with E-state index < -0.39 is 0 Å². The molecule has 0 spiro atoms. The van der Waals surface area contributed by atoms with Gasteiger partial charge in [-0.1, -0.05) is 19.4 Å². The Labute approximate surface area is 115 Å². The van der Waals surface area contributed by atoms with Crippen molar-refractivity contribution in [3.63, 3.8) is 0 Å². The Bertz CT molecular complexity index is 446. The molecule has 3 heteroatoms. The molecule has 0 saturated heterocycles. The Morgan fingerprint density at radius 2 is 2.05 bits per heavy atom. The summed E-state index contributed by atoms with van der Waals surface area (Å²) in [6.45, 7) is 5.99. The number of fused-ring (bicyclic) bond motifs is 1. The highest BCUT2D eigenvalue weighted by Gasteiger charge is 2.35. The standard InChI is InChI=1S/C16H23NO2/c1-3-12-9-14(12)17-11(2)13-5-6-15-16(10-13)19-8-4-7-18-15/h5-6,10-12,14,17H,3-4,7-9H2,1-2H3. The molecule has 19 heavy (non-hydrogen) atoms. The molecule has 0 radical (unpaired) electrons. The van der Waals surface area contributed by atoms with E-state index in [-0.39, 0.29) is 0 Å². The van der Waals surface area contributed by atoms with Crippen molar-refractivity contribution in [2.75, 3.05) is 13.2 Å². The van der Waals surface area contributed by atoms with Crippen LogP contribution < -0.4 is 14.8 Å². The minimum Gasteiger partial charge on any atom is -0.490 e. The molecule has 3 rings (SSSR count). The minimum atomic E-state index is 0.374. The Kier molecular flexibility index (Phi) is 3.65. The highest BCUT2D eigenvalue weighted by atomic mass is 16.5. The monoisotopic (exact) mass is 261 g/mol. The van der Waals surface area contributed by atoms with Gasteiger partial charge in [0.25, 0.3) is 0 Å². The first-order valence-electron chi connectivity index (χ1n) is 7.43. The van der Waals surface area contributed by atoms with Crippen molar-refractivity contribution >= 4 is 0 Å². The van der Waals surface area contributed by atoms with Gasteiger partial charge < -0.3 is 14.8 Å². The van der Waals surface area contributed by atoms with Gasteiger partial charge >= 0.3 is 0 Å². The zero-order valence-corrected chi connectivity index (χ0v) is 11.8. The Balaban J connectivity index is 1.69. The molecule has 1 aromatic carbocycles. The van der Waals surface area contributed by atoms with E-state index >= 15 is 0 Å². The molecule has 1 aliphatic heterocycles. The number of rotatable bonds is 4. The second kappa shape index (κ2) is 5.41. The van der Waals surface area contributed by atoms with Crippen LogP contribution in [0, 0.1) is 5.92 Å². The summed E-state index contributed by atoms with van der Waals surface area (Å²) in [6.07, 6.45) is 3.56. The van der Waals surface area contributed by atoms with E-state index in [2.05, 4.69) is 31.3 Å². The first kappa shape index (κ1) is 12.8. The van der Waals surface area contributed by atoms with Gasteiger partial charge in [-0.05, 0) is 37.0 Å². The number of hydrogen-bond donors (Lipinski definition) is 1. The average molecular weight is 261 g/mol. The average Bonchev–Trinajstić information content (AvgIpc) is 3.20. The lowest BCUT2D eigenvalue weighted by molar-refractivity contribution is 0.297. The van der Waals surface area contributed by atoms with Gasteiger partial charge in [-0.15, -0.1) is 0 Å². The van der Waals surface area contributed by atoms with Crippen molar-refractivity contribution < 1.29 is 9.47 Å². The van der Waals surface area contributed by atoms with Gasteiger partial charge in [0.1, 0.15) is 0 Å². The third kappa shape index (κ3) is 2.86. The van der Waals surface area contributed by atoms with E-state index in [0.29, 0.717) is 12.1 Å². The molecule has 1 aromatic rings. The van der Waals surface area contributed by atoms with Crippen LogP contribution in [0.3, 0.4) is 0 Å². The van der Waals surface area contributed by atoms with Crippen molar-refractivity contribution in [3.8, 4) is 11.5 Å². The number of ether oxygens (including phenoxy) is 2. The lowest BCUT2D eigenvalue weighted by Crippen LogP contribution is -2.22. The summed E-state index contributed by atoms with van der Waals surface area (Å²) >= 11 is 0. The fourth-order valence-corrected chi connectivity index (χ4v) is 2.77. The number of hydrogen-bond acceptors (Lipinski definition) is 3. The molecule has 3 nitrogen and oxygen atoms in total. The minimum absolute atomic E-state index is 0.374. The predicted octanol–water partition coefficient (Wildman–Crippen LogP) is 3.30. The first-order valence-corrected chi connectivity index (χ1v) is 7.43. The van der Waals surface area contributed by atoms with Gasteiger partial charge in [0.05, 0.1) is 13.2 Å². The molecule has 1 saturated carbocycles. The van der Waals surface area contributed by atoms with E-state index in [9.17, 15) is 0 Å². The van der Waals surface area contributed by atoms with E-state index in [1.807, 2.05) is 6.07 Å². The molecular weight excluding hydrogens is 238 g/mol. The van der Waals surface area contributed by atoms with Crippen LogP contribution in [-0.4, -0.2) is 19.3 Å². The third-order valence-corrected chi connectivity index (χ3v) is 4.18. The van der Waals surface area contributed by atoms with Crippen molar-refractivity contribution in [1.29, 1.82) is 0 Å². The topological polar surface area (TPSA) is 30.5 Å². The van der Waals surface area contributed by atoms with Crippen LogP contribution in [0.4, 0.5) is 0 Å². The smallest absolute Gasteiger partial charge is 0.161 e. The van der Waals surface area contributed by atoms with E-state index in [4.69, 9.17) is 9.47 Å². The van der Waals surface area contributed by atoms with Gasteiger partial charge in [-0.3, -0.25) is 0 Å². The largest absolute Gasteiger partial charge is 0.490 e. The van der Waals surface area contributed by atoms with E-state index in [0.717, 1.165) is 37.1 Å². The molecule has 3 unspecified atom stereocenters. The maximum atomic E-state index is 5.75. The Hall–Kier alpha value is -1.22. The number of nitrogens with one attached hydrogen (secondary N) is 1. The second-order valence-electron chi connectivity index (χ2n) is 5.66. The summed E-state index contributed by atoms with van der Waals surface area (Å²) in [5.41, 5.74) is 1.28. The van der Waals surface area contributed by atoms with Crippen LogP contribution >= 0.6 is 0 Å². The molecule has 3 atom stereocenters. The molecule has 1 heterocycles. The quantitative estimate of drug-likeness (QED) is 0.902. The molecule has 104 valence electrons. The molecule has 0 bridgehead atoms. The summed E-state index contributed by atoms with van der Waals surface area (Å²) in [6, 6.07) is 7.39. The Morgan fingerprint density at radius 1 is 1.26 bits per heavy atom. The van der Waals surface area contributed by atoms with Gasteiger partial charge in [0.15, 0.2) is 11.5 Å². The molecular formula is C16H23NO2. The van der Waals surface area contributed by atoms with Crippen molar-refractivity contribution in [2.24, 2.45) is 5.92 Å². The van der Waals surface area contributed by atoms with Crippen molar-refractivity contribution in [2.45, 2.75) is 45.2 Å². The van der Waals surface area contributed by atoms with E-state index in [1.165, 1.54) is 18.4 Å². The fraction of sp³-hybridized carbons (Fsp3) is 0.625. The van der Waals surface area contributed by atoms with Crippen LogP contribution in [-0.2, 0) is 0 Å². The summed E-state index contributed by atoms with van der Waals surface area (Å²) in [4.78, 5) is 0. The lowest BCUT2D eigenvalue weighted by atomic mass is 10.1. The fourth-order valence-electron chi connectivity index (χ4n) is 2.77. The maximum absolute atomic E-state index is 5.75. The van der Waals surface area contributed by atoms with Gasteiger partial charge in [-0.2, -0.15) is 0 Å². The van der Waals surface area contributed by atoms with E-state index in [1.54, 1.807) is 0 Å². The molecule has 1 N–H and O–H groups in total. The maximum Gasteiger partial charge on any atom is 0.161 e. The summed E-state index contributed by atoms with van der Waals surface area (Å²) in [7, 11) is 0. The van der Waals surface area contributed by atoms with Crippen LogP contribution in [0.25, 0.3) is 0 Å². The van der Waals surface area contributed by atoms with Crippen LogP contribution in [0.15, 0.2) is 18.2 Å². The summed E-state index contributed by atoms with van der Waals surface area (Å²) in [5.74, 6) is 2.65. The SMILES string of the molecule is CCC1CC1NC(C)c1ccc2c(c1)OCCCO2. The van der Waals surface area contributed by atoms with Crippen molar-refractivity contribution in [3.05, 3.63) is 23.8 Å². The zero-order chi connectivity index (χ0) is 13.2. The van der Waals surface area contributed by atoms with Crippen LogP contribution in [0.2, 0.25) is 0 Å². The molecule has 2 aliphatic rings. The second-order valence-corrected chi connectivity index (χ2v) is 5.66. The molecule has 1 fully saturated rings. The highest BCUT2D eigenvalue weighted by Crippen LogP contribution is 2.37. The number of benzene rings is 1. The molecule has 0 amide bonds. The predicted molar refractivity (Wildman–Crippen MR) is 75.8 cm³/mol. The van der Waals surface area contributed by atoms with Crippen LogP contribution in [0.5, 0.6) is 11.5 Å². The van der Waals surface area contributed by atoms with Crippen molar-refractivity contribution in [1.82, 2.24) is 5.32 Å². The zero-order valence-electron chi connectivity index (χ0n) is 11.8. The summed E-state index contributed by atoms with van der Waals surface area (Å²) < 4.78 is 11.4. The van der Waals surface area contributed by atoms with Gasteiger partial charge in [0, 0.05) is 18.5 Å². The normalized spacial score (nSPS) is 26.6. The summed E-state index contributed by atoms with van der Waals surface area (Å²) in [5, 5.41) is 3.70. The highest BCUT2D eigenvalue weighted by molar-refractivity contribution is 5.44. The first-order chi connectivity index (χ1) is 9.28. The molecule has 0 aromatic heterocycles. The van der Waals surface area contributed by atoms with Gasteiger partial charge in [0.2, 0.25) is 0 Å². The van der Waals surface area contributed by atoms with Gasteiger partial charge in [-0.25, -0.2) is 0 Å². The third-order valence-electron chi connectivity index (χ3n) is 4.18. The lowest BCUT2D eigenvalue weighted by Gasteiger charge is -2.16. The molecule has 1 aliphatic carbocycles.